The van der Waals surface area contributed by atoms with Gasteiger partial charge in [-0.05, 0) is 51.8 Å². The van der Waals surface area contributed by atoms with Crippen LogP contribution in [-0.4, -0.2) is 31.6 Å². The summed E-state index contributed by atoms with van der Waals surface area (Å²) >= 11 is 1.46. The molecule has 0 aromatic carbocycles. The summed E-state index contributed by atoms with van der Waals surface area (Å²) in [6.45, 7) is 7.84. The number of rotatable bonds is 5. The van der Waals surface area contributed by atoms with E-state index in [2.05, 4.69) is 10.6 Å². The molecule has 1 aromatic rings. The van der Waals surface area contributed by atoms with E-state index >= 15 is 0 Å². The van der Waals surface area contributed by atoms with Crippen LogP contribution >= 0.6 is 23.7 Å². The van der Waals surface area contributed by atoms with Crippen LogP contribution in [0.25, 0.3) is 0 Å². The fourth-order valence-electron chi connectivity index (χ4n) is 2.81. The SMILES string of the molecule is CCOC(=O)c1c(NC(=O)C2CCNCC2)sc(C)c1CC.Cl. The third-order valence-electron chi connectivity index (χ3n) is 3.99. The monoisotopic (exact) mass is 360 g/mol. The van der Waals surface area contributed by atoms with Crippen LogP contribution in [0.15, 0.2) is 0 Å². The predicted molar refractivity (Wildman–Crippen MR) is 95.9 cm³/mol. The van der Waals surface area contributed by atoms with E-state index in [0.29, 0.717) is 17.2 Å². The first-order chi connectivity index (χ1) is 10.6. The fraction of sp³-hybridized carbons (Fsp3) is 0.625. The summed E-state index contributed by atoms with van der Waals surface area (Å²) in [6.07, 6.45) is 2.43. The molecule has 1 saturated heterocycles. The maximum atomic E-state index is 12.4. The first kappa shape index (κ1) is 19.9. The highest BCUT2D eigenvalue weighted by Crippen LogP contribution is 2.34. The highest BCUT2D eigenvalue weighted by molar-refractivity contribution is 7.16. The van der Waals surface area contributed by atoms with Gasteiger partial charge in [-0.3, -0.25) is 4.79 Å². The molecular weight excluding hydrogens is 336 g/mol. The summed E-state index contributed by atoms with van der Waals surface area (Å²) in [6, 6.07) is 0. The quantitative estimate of drug-likeness (QED) is 0.791. The second-order valence-corrected chi connectivity index (χ2v) is 6.65. The minimum Gasteiger partial charge on any atom is -0.462 e. The van der Waals surface area contributed by atoms with E-state index < -0.39 is 0 Å². The highest BCUT2D eigenvalue weighted by atomic mass is 35.5. The van der Waals surface area contributed by atoms with E-state index in [1.54, 1.807) is 6.92 Å². The summed E-state index contributed by atoms with van der Waals surface area (Å²) in [5, 5.41) is 6.85. The van der Waals surface area contributed by atoms with Crippen molar-refractivity contribution < 1.29 is 14.3 Å². The lowest BCUT2D eigenvalue weighted by atomic mass is 9.97. The summed E-state index contributed by atoms with van der Waals surface area (Å²) in [5.41, 5.74) is 1.51. The van der Waals surface area contributed by atoms with Crippen molar-refractivity contribution in [3.63, 3.8) is 0 Å². The highest BCUT2D eigenvalue weighted by Gasteiger charge is 2.26. The molecule has 1 aliphatic rings. The van der Waals surface area contributed by atoms with Gasteiger partial charge in [0.15, 0.2) is 0 Å². The fourth-order valence-corrected chi connectivity index (χ4v) is 3.95. The molecule has 0 radical (unpaired) electrons. The molecule has 1 fully saturated rings. The molecule has 0 aliphatic carbocycles. The zero-order chi connectivity index (χ0) is 16.1. The average molecular weight is 361 g/mol. The minimum atomic E-state index is -0.343. The number of aryl methyl sites for hydroxylation is 1. The van der Waals surface area contributed by atoms with Crippen molar-refractivity contribution in [1.29, 1.82) is 0 Å². The van der Waals surface area contributed by atoms with Crippen LogP contribution < -0.4 is 10.6 Å². The number of esters is 1. The van der Waals surface area contributed by atoms with Crippen molar-refractivity contribution in [1.82, 2.24) is 5.32 Å². The number of carbonyl (C=O) groups excluding carboxylic acids is 2. The van der Waals surface area contributed by atoms with E-state index in [-0.39, 0.29) is 30.2 Å². The Labute approximate surface area is 147 Å². The van der Waals surface area contributed by atoms with Crippen molar-refractivity contribution >= 4 is 40.6 Å². The summed E-state index contributed by atoms with van der Waals surface area (Å²) in [7, 11) is 0. The molecule has 130 valence electrons. The number of thiophene rings is 1. The van der Waals surface area contributed by atoms with Gasteiger partial charge in [0.25, 0.3) is 0 Å². The van der Waals surface area contributed by atoms with Crippen LogP contribution in [0.5, 0.6) is 0 Å². The lowest BCUT2D eigenvalue weighted by Gasteiger charge is -2.21. The lowest BCUT2D eigenvalue weighted by Crippen LogP contribution is -2.34. The lowest BCUT2D eigenvalue weighted by molar-refractivity contribution is -0.120. The van der Waals surface area contributed by atoms with Gasteiger partial charge in [0.1, 0.15) is 5.00 Å². The summed E-state index contributed by atoms with van der Waals surface area (Å²) < 4.78 is 5.16. The topological polar surface area (TPSA) is 67.4 Å². The third kappa shape index (κ3) is 4.68. The molecule has 0 spiro atoms. The Kier molecular flexibility index (Phi) is 8.02. The molecule has 0 atom stereocenters. The number of hydrogen-bond acceptors (Lipinski definition) is 5. The molecule has 0 bridgehead atoms. The molecule has 0 unspecified atom stereocenters. The van der Waals surface area contributed by atoms with Gasteiger partial charge in [-0.2, -0.15) is 0 Å². The average Bonchev–Trinajstić information content (AvgIpc) is 2.83. The van der Waals surface area contributed by atoms with Gasteiger partial charge < -0.3 is 15.4 Å². The Hall–Kier alpha value is -1.11. The normalized spacial score (nSPS) is 14.9. The van der Waals surface area contributed by atoms with E-state index in [1.807, 2.05) is 13.8 Å². The third-order valence-corrected chi connectivity index (χ3v) is 5.05. The molecule has 2 heterocycles. The molecule has 7 heteroatoms. The number of hydrogen-bond donors (Lipinski definition) is 2. The van der Waals surface area contributed by atoms with Gasteiger partial charge in [0.05, 0.1) is 12.2 Å². The van der Waals surface area contributed by atoms with E-state index in [0.717, 1.165) is 42.8 Å². The molecule has 5 nitrogen and oxygen atoms in total. The molecule has 1 aliphatic heterocycles. The number of piperidine rings is 1. The maximum Gasteiger partial charge on any atom is 0.341 e. The summed E-state index contributed by atoms with van der Waals surface area (Å²) in [5.74, 6) is -0.316. The molecule has 23 heavy (non-hydrogen) atoms. The van der Waals surface area contributed by atoms with Crippen LogP contribution in [-0.2, 0) is 16.0 Å². The molecule has 0 saturated carbocycles. The Morgan fingerprint density at radius 2 is 1.96 bits per heavy atom. The minimum absolute atomic E-state index is 0. The Morgan fingerprint density at radius 1 is 1.30 bits per heavy atom. The second kappa shape index (κ2) is 9.25. The number of carbonyl (C=O) groups is 2. The van der Waals surface area contributed by atoms with Crippen molar-refractivity contribution in [3.8, 4) is 0 Å². The first-order valence-electron chi connectivity index (χ1n) is 7.89. The predicted octanol–water partition coefficient (Wildman–Crippen LogP) is 3.16. The molecule has 1 amide bonds. The Morgan fingerprint density at radius 3 is 2.52 bits per heavy atom. The van der Waals surface area contributed by atoms with Gasteiger partial charge in [0, 0.05) is 10.8 Å². The van der Waals surface area contributed by atoms with Gasteiger partial charge >= 0.3 is 5.97 Å². The number of anilines is 1. The standard InChI is InChI=1S/C16H24N2O3S.ClH/c1-4-12-10(3)22-15(13(12)16(20)21-5-2)18-14(19)11-6-8-17-9-7-11;/h11,17H,4-9H2,1-3H3,(H,18,19);1H. The first-order valence-corrected chi connectivity index (χ1v) is 8.71. The van der Waals surface area contributed by atoms with Gasteiger partial charge in [-0.15, -0.1) is 23.7 Å². The number of halogens is 1. The molecule has 1 aromatic heterocycles. The largest absolute Gasteiger partial charge is 0.462 e. The van der Waals surface area contributed by atoms with Crippen molar-refractivity contribution in [2.45, 2.75) is 40.0 Å². The van der Waals surface area contributed by atoms with Crippen molar-refractivity contribution in [3.05, 3.63) is 16.0 Å². The van der Waals surface area contributed by atoms with Gasteiger partial charge in [0.2, 0.25) is 5.91 Å². The van der Waals surface area contributed by atoms with E-state index in [4.69, 9.17) is 4.74 Å². The van der Waals surface area contributed by atoms with Crippen LogP contribution in [0.2, 0.25) is 0 Å². The smallest absolute Gasteiger partial charge is 0.341 e. The zero-order valence-electron chi connectivity index (χ0n) is 13.9. The maximum absolute atomic E-state index is 12.4. The molecule has 2 N–H and O–H groups in total. The van der Waals surface area contributed by atoms with Crippen LogP contribution in [0.3, 0.4) is 0 Å². The van der Waals surface area contributed by atoms with Gasteiger partial charge in [-0.25, -0.2) is 4.79 Å². The number of nitrogens with one attached hydrogen (secondary N) is 2. The number of ether oxygens (including phenoxy) is 1. The van der Waals surface area contributed by atoms with Gasteiger partial charge in [-0.1, -0.05) is 6.92 Å². The van der Waals surface area contributed by atoms with Crippen LogP contribution in [0.1, 0.15) is 47.5 Å². The van der Waals surface area contributed by atoms with Crippen molar-refractivity contribution in [2.75, 3.05) is 25.0 Å². The Balaban J connectivity index is 0.00000264. The van der Waals surface area contributed by atoms with Crippen LogP contribution in [0, 0.1) is 12.8 Å². The molecular formula is C16H25ClN2O3S. The number of amides is 1. The molecule has 2 rings (SSSR count). The van der Waals surface area contributed by atoms with Crippen LogP contribution in [0.4, 0.5) is 5.00 Å². The Bertz CT molecular complexity index is 554. The van der Waals surface area contributed by atoms with Crippen molar-refractivity contribution in [2.24, 2.45) is 5.92 Å². The van der Waals surface area contributed by atoms with E-state index in [9.17, 15) is 9.59 Å². The zero-order valence-corrected chi connectivity index (χ0v) is 15.5. The summed E-state index contributed by atoms with van der Waals surface area (Å²) in [4.78, 5) is 25.7. The van der Waals surface area contributed by atoms with E-state index in [1.165, 1.54) is 11.3 Å². The second-order valence-electron chi connectivity index (χ2n) is 5.43.